The largest absolute Gasteiger partial charge is 0.449 e. The second-order valence-corrected chi connectivity index (χ2v) is 7.56. The summed E-state index contributed by atoms with van der Waals surface area (Å²) in [5.41, 5.74) is 0. The normalized spacial score (nSPS) is 15.5. The van der Waals surface area contributed by atoms with Crippen molar-refractivity contribution in [1.82, 2.24) is 10.2 Å². The molecule has 0 aromatic carbocycles. The highest BCUT2D eigenvalue weighted by Gasteiger charge is 2.23. The predicted molar refractivity (Wildman–Crippen MR) is 106 cm³/mol. The molecule has 1 heterocycles. The number of ether oxygens (including phenoxy) is 1. The fraction of sp³-hybridized carbons (Fsp3) is 0.952. The first kappa shape index (κ1) is 22.3. The van der Waals surface area contributed by atoms with E-state index < -0.39 is 0 Å². The first-order chi connectivity index (χ1) is 12.3. The van der Waals surface area contributed by atoms with Gasteiger partial charge in [-0.05, 0) is 51.1 Å². The standard InChI is InChI=1S/C21H42N2O2/c1-3-5-7-8-9-10-11-15-22-16-12-20-13-17-23(18-14-20)21(24)25-19-6-4-2/h20,22H,3-19H2,1-2H3. The van der Waals surface area contributed by atoms with Gasteiger partial charge in [-0.15, -0.1) is 0 Å². The number of hydrogen-bond donors (Lipinski definition) is 1. The molecule has 1 aliphatic heterocycles. The summed E-state index contributed by atoms with van der Waals surface area (Å²) in [6, 6.07) is 0. The molecule has 0 spiro atoms. The van der Waals surface area contributed by atoms with Crippen LogP contribution < -0.4 is 5.32 Å². The molecule has 0 unspecified atom stereocenters. The van der Waals surface area contributed by atoms with Gasteiger partial charge in [0.1, 0.15) is 0 Å². The van der Waals surface area contributed by atoms with Crippen LogP contribution in [0.15, 0.2) is 0 Å². The number of unbranched alkanes of at least 4 members (excludes halogenated alkanes) is 7. The van der Waals surface area contributed by atoms with Gasteiger partial charge in [0, 0.05) is 13.1 Å². The highest BCUT2D eigenvalue weighted by molar-refractivity contribution is 5.67. The van der Waals surface area contributed by atoms with E-state index in [1.165, 1.54) is 51.4 Å². The number of nitrogens with zero attached hydrogens (tertiary/aromatic N) is 1. The number of likely N-dealkylation sites (tertiary alicyclic amines) is 1. The van der Waals surface area contributed by atoms with Crippen LogP contribution in [0.1, 0.15) is 90.9 Å². The fourth-order valence-electron chi connectivity index (χ4n) is 3.44. The molecule has 0 saturated carbocycles. The molecule has 0 bridgehead atoms. The van der Waals surface area contributed by atoms with Crippen LogP contribution in [0, 0.1) is 5.92 Å². The van der Waals surface area contributed by atoms with Crippen LogP contribution in [0.4, 0.5) is 4.79 Å². The average Bonchev–Trinajstić information content (AvgIpc) is 2.64. The Morgan fingerprint density at radius 3 is 2.24 bits per heavy atom. The van der Waals surface area contributed by atoms with Gasteiger partial charge in [0.05, 0.1) is 6.61 Å². The average molecular weight is 355 g/mol. The lowest BCUT2D eigenvalue weighted by molar-refractivity contribution is 0.0859. The number of nitrogens with one attached hydrogen (secondary N) is 1. The Morgan fingerprint density at radius 1 is 0.920 bits per heavy atom. The molecule has 1 aliphatic rings. The number of hydrogen-bond acceptors (Lipinski definition) is 3. The number of carbonyl (C=O) groups is 1. The van der Waals surface area contributed by atoms with E-state index >= 15 is 0 Å². The lowest BCUT2D eigenvalue weighted by Crippen LogP contribution is -2.39. The topological polar surface area (TPSA) is 41.6 Å². The van der Waals surface area contributed by atoms with E-state index in [9.17, 15) is 4.79 Å². The molecule has 0 aromatic heterocycles. The molecule has 1 fully saturated rings. The summed E-state index contributed by atoms with van der Waals surface area (Å²) in [5, 5.41) is 3.60. The van der Waals surface area contributed by atoms with Crippen molar-refractivity contribution in [3.05, 3.63) is 0 Å². The first-order valence-corrected chi connectivity index (χ1v) is 10.9. The summed E-state index contributed by atoms with van der Waals surface area (Å²) < 4.78 is 5.30. The molecule has 1 N–H and O–H groups in total. The predicted octanol–water partition coefficient (Wildman–Crippen LogP) is 5.37. The van der Waals surface area contributed by atoms with Crippen LogP contribution in [0.3, 0.4) is 0 Å². The van der Waals surface area contributed by atoms with Crippen molar-refractivity contribution in [1.29, 1.82) is 0 Å². The summed E-state index contributed by atoms with van der Waals surface area (Å²) in [6.07, 6.45) is 15.1. The number of carbonyl (C=O) groups excluding carboxylic acids is 1. The third kappa shape index (κ3) is 11.5. The van der Waals surface area contributed by atoms with Crippen molar-refractivity contribution in [2.24, 2.45) is 5.92 Å². The maximum Gasteiger partial charge on any atom is 0.409 e. The minimum absolute atomic E-state index is 0.107. The van der Waals surface area contributed by atoms with Gasteiger partial charge in [0.25, 0.3) is 0 Å². The Hall–Kier alpha value is -0.770. The summed E-state index contributed by atoms with van der Waals surface area (Å²) in [6.45, 7) is 8.98. The van der Waals surface area contributed by atoms with Gasteiger partial charge >= 0.3 is 6.09 Å². The summed E-state index contributed by atoms with van der Waals surface area (Å²) in [5.74, 6) is 0.765. The third-order valence-electron chi connectivity index (χ3n) is 5.28. The third-order valence-corrected chi connectivity index (χ3v) is 5.28. The molecule has 1 rings (SSSR count). The van der Waals surface area contributed by atoms with Crippen LogP contribution >= 0.6 is 0 Å². The molecule has 1 amide bonds. The summed E-state index contributed by atoms with van der Waals surface area (Å²) >= 11 is 0. The van der Waals surface area contributed by atoms with Gasteiger partial charge in [-0.2, -0.15) is 0 Å². The zero-order valence-electron chi connectivity index (χ0n) is 16.9. The molecule has 0 aromatic rings. The minimum Gasteiger partial charge on any atom is -0.449 e. The zero-order valence-corrected chi connectivity index (χ0v) is 16.9. The smallest absolute Gasteiger partial charge is 0.409 e. The van der Waals surface area contributed by atoms with Crippen LogP contribution in [0.2, 0.25) is 0 Å². The molecule has 148 valence electrons. The second kappa shape index (κ2) is 15.5. The van der Waals surface area contributed by atoms with E-state index in [1.54, 1.807) is 0 Å². The second-order valence-electron chi connectivity index (χ2n) is 7.56. The summed E-state index contributed by atoms with van der Waals surface area (Å²) in [7, 11) is 0. The monoisotopic (exact) mass is 354 g/mol. The lowest BCUT2D eigenvalue weighted by atomic mass is 9.94. The Morgan fingerprint density at radius 2 is 1.56 bits per heavy atom. The van der Waals surface area contributed by atoms with Crippen molar-refractivity contribution < 1.29 is 9.53 Å². The molecule has 0 aliphatic carbocycles. The highest BCUT2D eigenvalue weighted by atomic mass is 16.6. The Labute approximate surface area is 156 Å². The number of rotatable bonds is 14. The van der Waals surface area contributed by atoms with E-state index in [4.69, 9.17) is 4.74 Å². The van der Waals surface area contributed by atoms with E-state index in [2.05, 4.69) is 19.2 Å². The van der Waals surface area contributed by atoms with Gasteiger partial charge in [-0.25, -0.2) is 4.79 Å². The van der Waals surface area contributed by atoms with Crippen LogP contribution in [0.25, 0.3) is 0 Å². The lowest BCUT2D eigenvalue weighted by Gasteiger charge is -2.31. The quantitative estimate of drug-likeness (QED) is 0.427. The van der Waals surface area contributed by atoms with E-state index in [1.807, 2.05) is 4.90 Å². The Bertz CT molecular complexity index is 315. The molecular weight excluding hydrogens is 312 g/mol. The molecule has 4 nitrogen and oxygen atoms in total. The van der Waals surface area contributed by atoms with Crippen LogP contribution in [-0.4, -0.2) is 43.8 Å². The van der Waals surface area contributed by atoms with Gasteiger partial charge in [0.2, 0.25) is 0 Å². The van der Waals surface area contributed by atoms with Crippen molar-refractivity contribution in [2.45, 2.75) is 90.9 Å². The van der Waals surface area contributed by atoms with Crippen molar-refractivity contribution in [2.75, 3.05) is 32.8 Å². The van der Waals surface area contributed by atoms with Gasteiger partial charge < -0.3 is 15.0 Å². The van der Waals surface area contributed by atoms with Crippen LogP contribution in [0.5, 0.6) is 0 Å². The highest BCUT2D eigenvalue weighted by Crippen LogP contribution is 2.20. The number of piperidine rings is 1. The maximum atomic E-state index is 11.9. The van der Waals surface area contributed by atoms with Gasteiger partial charge in [0.15, 0.2) is 0 Å². The summed E-state index contributed by atoms with van der Waals surface area (Å²) in [4.78, 5) is 13.8. The van der Waals surface area contributed by atoms with Crippen molar-refractivity contribution in [3.8, 4) is 0 Å². The van der Waals surface area contributed by atoms with Gasteiger partial charge in [-0.1, -0.05) is 58.8 Å². The molecule has 1 saturated heterocycles. The Balaban J connectivity index is 1.91. The van der Waals surface area contributed by atoms with Crippen LogP contribution in [-0.2, 0) is 4.74 Å². The van der Waals surface area contributed by atoms with E-state index in [-0.39, 0.29) is 6.09 Å². The van der Waals surface area contributed by atoms with E-state index in [0.29, 0.717) is 6.61 Å². The Kier molecular flexibility index (Phi) is 13.8. The van der Waals surface area contributed by atoms with Gasteiger partial charge in [-0.3, -0.25) is 0 Å². The van der Waals surface area contributed by atoms with E-state index in [0.717, 1.165) is 57.8 Å². The number of amides is 1. The fourth-order valence-corrected chi connectivity index (χ4v) is 3.44. The maximum absolute atomic E-state index is 11.9. The molecule has 0 radical (unpaired) electrons. The molecule has 0 atom stereocenters. The van der Waals surface area contributed by atoms with Crippen molar-refractivity contribution >= 4 is 6.09 Å². The first-order valence-electron chi connectivity index (χ1n) is 10.9. The molecule has 4 heteroatoms. The minimum atomic E-state index is -0.107. The SMILES string of the molecule is CCCCCCCCCNCCC1CCN(C(=O)OCCCC)CC1. The van der Waals surface area contributed by atoms with Crippen molar-refractivity contribution in [3.63, 3.8) is 0 Å². The molecular formula is C21H42N2O2. The molecule has 25 heavy (non-hydrogen) atoms. The zero-order chi connectivity index (χ0) is 18.2.